The summed E-state index contributed by atoms with van der Waals surface area (Å²) in [5, 5.41) is 5.94. The first kappa shape index (κ1) is 19.0. The topological polar surface area (TPSA) is 61.4 Å². The second-order valence-electron chi connectivity index (χ2n) is 7.22. The summed E-state index contributed by atoms with van der Waals surface area (Å²) in [6.07, 6.45) is 3.69. The van der Waals surface area contributed by atoms with E-state index in [1.807, 2.05) is 49.4 Å². The molecular formula is C22H27N3O2. The number of benzene rings is 2. The van der Waals surface area contributed by atoms with E-state index in [2.05, 4.69) is 10.6 Å². The number of rotatable bonds is 6. The molecule has 3 amide bonds. The van der Waals surface area contributed by atoms with Gasteiger partial charge < -0.3 is 15.5 Å². The monoisotopic (exact) mass is 365 g/mol. The van der Waals surface area contributed by atoms with Crippen LogP contribution in [0.5, 0.6) is 0 Å². The van der Waals surface area contributed by atoms with Crippen molar-refractivity contribution in [2.45, 2.75) is 32.2 Å². The molecule has 0 aromatic heterocycles. The fourth-order valence-electron chi connectivity index (χ4n) is 3.12. The van der Waals surface area contributed by atoms with E-state index in [9.17, 15) is 9.59 Å². The highest BCUT2D eigenvalue weighted by Crippen LogP contribution is 2.26. The summed E-state index contributed by atoms with van der Waals surface area (Å²) in [6, 6.07) is 16.6. The average Bonchev–Trinajstić information content (AvgIpc) is 2.66. The SMILES string of the molecule is C[C@@H](c1cccc(NC(=O)c2ccccc2)c1)N(C)C(=O)NCC1CCC1. The van der Waals surface area contributed by atoms with E-state index in [0.29, 0.717) is 11.5 Å². The second kappa shape index (κ2) is 8.71. The van der Waals surface area contributed by atoms with Crippen LogP contribution in [0.4, 0.5) is 10.5 Å². The van der Waals surface area contributed by atoms with Gasteiger partial charge in [0.2, 0.25) is 0 Å². The third kappa shape index (κ3) is 4.88. The predicted octanol–water partition coefficient (Wildman–Crippen LogP) is 4.44. The van der Waals surface area contributed by atoms with Crippen molar-refractivity contribution in [1.82, 2.24) is 10.2 Å². The van der Waals surface area contributed by atoms with Gasteiger partial charge in [-0.3, -0.25) is 4.79 Å². The molecule has 0 heterocycles. The zero-order chi connectivity index (χ0) is 19.2. The molecule has 0 aliphatic heterocycles. The number of nitrogens with zero attached hydrogens (tertiary/aromatic N) is 1. The molecule has 0 saturated heterocycles. The van der Waals surface area contributed by atoms with Crippen LogP contribution in [-0.4, -0.2) is 30.4 Å². The van der Waals surface area contributed by atoms with Crippen LogP contribution in [-0.2, 0) is 0 Å². The van der Waals surface area contributed by atoms with E-state index in [0.717, 1.165) is 17.8 Å². The molecule has 0 bridgehead atoms. The lowest BCUT2D eigenvalue weighted by atomic mass is 9.85. The average molecular weight is 365 g/mol. The summed E-state index contributed by atoms with van der Waals surface area (Å²) in [7, 11) is 1.80. The van der Waals surface area contributed by atoms with Crippen molar-refractivity contribution in [2.24, 2.45) is 5.92 Å². The molecular weight excluding hydrogens is 338 g/mol. The standard InChI is InChI=1S/C22H27N3O2/c1-16(25(2)22(27)23-15-17-8-6-9-17)19-12-7-13-20(14-19)24-21(26)18-10-4-3-5-11-18/h3-5,7,10-14,16-17H,6,8-9,15H2,1-2H3,(H,23,27)(H,24,26)/t16-/m0/s1. The first-order chi connectivity index (χ1) is 13.0. The molecule has 1 fully saturated rings. The maximum atomic E-state index is 12.4. The Kier molecular flexibility index (Phi) is 6.12. The van der Waals surface area contributed by atoms with Gasteiger partial charge in [-0.05, 0) is 55.5 Å². The number of anilines is 1. The number of urea groups is 1. The molecule has 1 aliphatic carbocycles. The van der Waals surface area contributed by atoms with Crippen molar-refractivity contribution < 1.29 is 9.59 Å². The Morgan fingerprint density at radius 1 is 1.11 bits per heavy atom. The van der Waals surface area contributed by atoms with Crippen LogP contribution in [0.2, 0.25) is 0 Å². The number of hydrogen-bond acceptors (Lipinski definition) is 2. The Labute approximate surface area is 160 Å². The van der Waals surface area contributed by atoms with Crippen molar-refractivity contribution in [3.05, 3.63) is 65.7 Å². The second-order valence-corrected chi connectivity index (χ2v) is 7.22. The van der Waals surface area contributed by atoms with E-state index in [-0.39, 0.29) is 18.0 Å². The third-order valence-electron chi connectivity index (χ3n) is 5.33. The first-order valence-corrected chi connectivity index (χ1v) is 9.51. The van der Waals surface area contributed by atoms with Gasteiger partial charge in [0.15, 0.2) is 0 Å². The Balaban J connectivity index is 1.61. The summed E-state index contributed by atoms with van der Waals surface area (Å²) >= 11 is 0. The largest absolute Gasteiger partial charge is 0.338 e. The summed E-state index contributed by atoms with van der Waals surface area (Å²) < 4.78 is 0. The molecule has 0 spiro atoms. The van der Waals surface area contributed by atoms with Crippen LogP contribution in [0.3, 0.4) is 0 Å². The maximum Gasteiger partial charge on any atom is 0.317 e. The Morgan fingerprint density at radius 2 is 1.85 bits per heavy atom. The molecule has 1 saturated carbocycles. The highest BCUT2D eigenvalue weighted by molar-refractivity contribution is 6.04. The van der Waals surface area contributed by atoms with E-state index >= 15 is 0 Å². The lowest BCUT2D eigenvalue weighted by molar-refractivity contribution is 0.102. The van der Waals surface area contributed by atoms with Crippen LogP contribution < -0.4 is 10.6 Å². The number of carbonyl (C=O) groups excluding carboxylic acids is 2. The van der Waals surface area contributed by atoms with Crippen molar-refractivity contribution in [2.75, 3.05) is 18.9 Å². The molecule has 1 aliphatic rings. The highest BCUT2D eigenvalue weighted by atomic mass is 16.2. The Morgan fingerprint density at radius 3 is 2.52 bits per heavy atom. The predicted molar refractivity (Wildman–Crippen MR) is 108 cm³/mol. The van der Waals surface area contributed by atoms with E-state index in [4.69, 9.17) is 0 Å². The van der Waals surface area contributed by atoms with E-state index < -0.39 is 0 Å². The van der Waals surface area contributed by atoms with Gasteiger partial charge in [0.05, 0.1) is 6.04 Å². The van der Waals surface area contributed by atoms with Gasteiger partial charge >= 0.3 is 6.03 Å². The zero-order valence-electron chi connectivity index (χ0n) is 15.9. The van der Waals surface area contributed by atoms with Gasteiger partial charge in [-0.15, -0.1) is 0 Å². The smallest absolute Gasteiger partial charge is 0.317 e. The number of nitrogens with one attached hydrogen (secondary N) is 2. The van der Waals surface area contributed by atoms with Crippen molar-refractivity contribution in [3.63, 3.8) is 0 Å². The third-order valence-corrected chi connectivity index (χ3v) is 5.33. The van der Waals surface area contributed by atoms with Crippen LogP contribution in [0.15, 0.2) is 54.6 Å². The summed E-state index contributed by atoms with van der Waals surface area (Å²) in [5.41, 5.74) is 2.31. The summed E-state index contributed by atoms with van der Waals surface area (Å²) in [5.74, 6) is 0.487. The number of hydrogen-bond donors (Lipinski definition) is 2. The van der Waals surface area contributed by atoms with Crippen LogP contribution >= 0.6 is 0 Å². The molecule has 5 heteroatoms. The Bertz CT molecular complexity index is 787. The summed E-state index contributed by atoms with van der Waals surface area (Å²) in [4.78, 5) is 26.4. The maximum absolute atomic E-state index is 12.4. The van der Waals surface area contributed by atoms with Gasteiger partial charge in [0.1, 0.15) is 0 Å². The van der Waals surface area contributed by atoms with Crippen LogP contribution in [0.1, 0.15) is 48.1 Å². The summed E-state index contributed by atoms with van der Waals surface area (Å²) in [6.45, 7) is 2.74. The van der Waals surface area contributed by atoms with Gasteiger partial charge in [0.25, 0.3) is 5.91 Å². The van der Waals surface area contributed by atoms with Gasteiger partial charge in [-0.25, -0.2) is 4.79 Å². The lowest BCUT2D eigenvalue weighted by Gasteiger charge is -2.29. The fourth-order valence-corrected chi connectivity index (χ4v) is 3.12. The van der Waals surface area contributed by atoms with E-state index in [1.54, 1.807) is 24.1 Å². The Hall–Kier alpha value is -2.82. The molecule has 2 aromatic carbocycles. The van der Waals surface area contributed by atoms with E-state index in [1.165, 1.54) is 19.3 Å². The van der Waals surface area contributed by atoms with Gasteiger partial charge in [-0.2, -0.15) is 0 Å². The minimum Gasteiger partial charge on any atom is -0.338 e. The fraction of sp³-hybridized carbons (Fsp3) is 0.364. The van der Waals surface area contributed by atoms with Gasteiger partial charge in [0, 0.05) is 24.8 Å². The van der Waals surface area contributed by atoms with Crippen molar-refractivity contribution >= 4 is 17.6 Å². The quantitative estimate of drug-likeness (QED) is 0.795. The number of amides is 3. The molecule has 2 aromatic rings. The van der Waals surface area contributed by atoms with Gasteiger partial charge in [-0.1, -0.05) is 36.8 Å². The molecule has 2 N–H and O–H groups in total. The van der Waals surface area contributed by atoms with Crippen molar-refractivity contribution in [3.8, 4) is 0 Å². The molecule has 3 rings (SSSR count). The molecule has 1 atom stereocenters. The minimum absolute atomic E-state index is 0.0619. The normalized spacial score (nSPS) is 14.7. The minimum atomic E-state index is -0.146. The lowest BCUT2D eigenvalue weighted by Crippen LogP contribution is -2.41. The number of carbonyl (C=O) groups is 2. The zero-order valence-corrected chi connectivity index (χ0v) is 15.9. The highest BCUT2D eigenvalue weighted by Gasteiger charge is 2.21. The van der Waals surface area contributed by atoms with Crippen LogP contribution in [0.25, 0.3) is 0 Å². The van der Waals surface area contributed by atoms with Crippen molar-refractivity contribution in [1.29, 1.82) is 0 Å². The molecule has 142 valence electrons. The first-order valence-electron chi connectivity index (χ1n) is 9.51. The molecule has 5 nitrogen and oxygen atoms in total. The van der Waals surface area contributed by atoms with Crippen LogP contribution in [0, 0.1) is 5.92 Å². The molecule has 0 unspecified atom stereocenters. The molecule has 0 radical (unpaired) electrons. The molecule has 27 heavy (non-hydrogen) atoms.